The van der Waals surface area contributed by atoms with Crippen molar-refractivity contribution in [3.05, 3.63) is 53.2 Å². The van der Waals surface area contributed by atoms with Crippen molar-refractivity contribution in [3.8, 4) is 11.1 Å². The van der Waals surface area contributed by atoms with Crippen molar-refractivity contribution >= 4 is 38.4 Å². The van der Waals surface area contributed by atoms with E-state index in [0.29, 0.717) is 60.9 Å². The number of halogens is 2. The molecule has 2 amide bonds. The summed E-state index contributed by atoms with van der Waals surface area (Å²) in [5.41, 5.74) is 6.44. The van der Waals surface area contributed by atoms with Crippen LogP contribution in [0.2, 0.25) is 0 Å². The predicted molar refractivity (Wildman–Crippen MR) is 171 cm³/mol. The van der Waals surface area contributed by atoms with Gasteiger partial charge in [0.1, 0.15) is 11.6 Å². The Kier molecular flexibility index (Phi) is 8.40. The third-order valence-corrected chi connectivity index (χ3v) is 11.6. The first-order valence-electron chi connectivity index (χ1n) is 15.8. The van der Waals surface area contributed by atoms with Crippen molar-refractivity contribution in [1.82, 2.24) is 14.2 Å². The van der Waals surface area contributed by atoms with E-state index in [1.54, 1.807) is 6.07 Å². The molecule has 0 atom stereocenters. The van der Waals surface area contributed by atoms with E-state index in [1.807, 2.05) is 13.8 Å². The van der Waals surface area contributed by atoms with Crippen LogP contribution in [0.25, 0.3) is 22.0 Å². The van der Waals surface area contributed by atoms with Crippen molar-refractivity contribution < 1.29 is 26.8 Å². The summed E-state index contributed by atoms with van der Waals surface area (Å²) >= 11 is 0. The van der Waals surface area contributed by atoms with Crippen LogP contribution in [0.15, 0.2) is 30.3 Å². The van der Waals surface area contributed by atoms with E-state index in [1.165, 1.54) is 41.1 Å². The Labute approximate surface area is 262 Å². The Morgan fingerprint density at radius 1 is 1.04 bits per heavy atom. The molecular weight excluding hydrogens is 600 g/mol. The molecule has 6 rings (SSSR count). The monoisotopic (exact) mass is 641 g/mol. The number of hydrogen-bond donors (Lipinski definition) is 3. The molecule has 2 aromatic carbocycles. The van der Waals surface area contributed by atoms with Gasteiger partial charge in [0.15, 0.2) is 0 Å². The molecule has 3 heterocycles. The maximum atomic E-state index is 15.7. The number of benzene rings is 2. The Morgan fingerprint density at radius 3 is 2.44 bits per heavy atom. The lowest BCUT2D eigenvalue weighted by atomic mass is 9.85. The molecule has 1 saturated carbocycles. The highest BCUT2D eigenvalue weighted by atomic mass is 32.2. The molecule has 9 nitrogen and oxygen atoms in total. The number of primary amides is 1. The molecular formula is C33H41F2N5O4S. The van der Waals surface area contributed by atoms with Crippen LogP contribution < -0.4 is 16.4 Å². The Hall–Kier alpha value is -3.51. The first kappa shape index (κ1) is 31.5. The second-order valence-corrected chi connectivity index (χ2v) is 15.4. The molecule has 0 bridgehead atoms. The van der Waals surface area contributed by atoms with Gasteiger partial charge in [-0.05, 0) is 99.3 Å². The van der Waals surface area contributed by atoms with Crippen LogP contribution in [0.5, 0.6) is 0 Å². The number of rotatable bonds is 8. The zero-order valence-electron chi connectivity index (χ0n) is 25.8. The molecule has 1 aromatic heterocycles. The smallest absolute Gasteiger partial charge is 0.253 e. The van der Waals surface area contributed by atoms with E-state index >= 15 is 4.39 Å². The summed E-state index contributed by atoms with van der Waals surface area (Å²) in [6.45, 7) is 7.36. The minimum atomic E-state index is -3.84. The molecule has 0 unspecified atom stereocenters. The van der Waals surface area contributed by atoms with Gasteiger partial charge in [-0.3, -0.25) is 9.59 Å². The van der Waals surface area contributed by atoms with Crippen molar-refractivity contribution in [3.63, 3.8) is 0 Å². The van der Waals surface area contributed by atoms with E-state index in [9.17, 15) is 22.4 Å². The van der Waals surface area contributed by atoms with Gasteiger partial charge >= 0.3 is 0 Å². The highest BCUT2D eigenvalue weighted by Gasteiger charge is 2.39. The van der Waals surface area contributed by atoms with Gasteiger partial charge in [0, 0.05) is 41.7 Å². The zero-order valence-corrected chi connectivity index (χ0v) is 26.6. The van der Waals surface area contributed by atoms with Gasteiger partial charge in [0.05, 0.1) is 22.5 Å². The Bertz CT molecular complexity index is 1760. The van der Waals surface area contributed by atoms with Gasteiger partial charge in [-0.25, -0.2) is 21.2 Å². The summed E-state index contributed by atoms with van der Waals surface area (Å²) in [7, 11) is -3.84. The highest BCUT2D eigenvalue weighted by molar-refractivity contribution is 7.90. The zero-order chi connectivity index (χ0) is 32.1. The lowest BCUT2D eigenvalue weighted by molar-refractivity contribution is -0.126. The summed E-state index contributed by atoms with van der Waals surface area (Å²) in [5, 5.41) is 6.87. The molecule has 242 valence electrons. The van der Waals surface area contributed by atoms with Gasteiger partial charge < -0.3 is 21.3 Å². The quantitative estimate of drug-likeness (QED) is 0.330. The van der Waals surface area contributed by atoms with Crippen molar-refractivity contribution in [1.29, 1.82) is 0 Å². The van der Waals surface area contributed by atoms with Gasteiger partial charge in [0.25, 0.3) is 5.91 Å². The molecule has 0 radical (unpaired) electrons. The second-order valence-electron chi connectivity index (χ2n) is 13.6. The summed E-state index contributed by atoms with van der Waals surface area (Å²) in [6, 6.07) is 6.66. The summed E-state index contributed by atoms with van der Waals surface area (Å²) < 4.78 is 58.2. The fourth-order valence-corrected chi connectivity index (χ4v) is 9.63. The molecule has 45 heavy (non-hydrogen) atoms. The van der Waals surface area contributed by atoms with Gasteiger partial charge in [-0.2, -0.15) is 0 Å². The predicted octanol–water partition coefficient (Wildman–Crippen LogP) is 4.63. The summed E-state index contributed by atoms with van der Waals surface area (Å²) in [4.78, 5) is 27.6. The highest BCUT2D eigenvalue weighted by Crippen LogP contribution is 2.44. The first-order valence-corrected chi connectivity index (χ1v) is 17.4. The topological polar surface area (TPSA) is 127 Å². The van der Waals surface area contributed by atoms with Crippen LogP contribution in [0.3, 0.4) is 0 Å². The number of nitrogens with one attached hydrogen (secondary N) is 2. The van der Waals surface area contributed by atoms with Crippen LogP contribution in [0.1, 0.15) is 68.4 Å². The number of carbonyl (C=O) groups excluding carboxylic acids is 2. The van der Waals surface area contributed by atoms with Gasteiger partial charge in [0.2, 0.25) is 15.9 Å². The number of fused-ring (bicyclic) bond motifs is 3. The minimum absolute atomic E-state index is 0.0539. The standard InChI is InChI=1S/C33H41F2N5O4S/c1-33(2)18-28-29(24-10-7-22(34)17-27(24)40(28)45(43,44)19-33)21-15-25(35)30(31(36)41)26(16-21)38-23-8-5-20(6-9-23)32(42)37-11-14-39-12-3-4-13-39/h7,10,15-17,20,23,38H,3-6,8-9,11-14,18-19H2,1-2H3,(H2,36,41)(H,37,42). The minimum Gasteiger partial charge on any atom is -0.382 e. The lowest BCUT2D eigenvalue weighted by Crippen LogP contribution is -2.39. The number of anilines is 1. The van der Waals surface area contributed by atoms with Crippen LogP contribution in [0.4, 0.5) is 14.5 Å². The van der Waals surface area contributed by atoms with Crippen LogP contribution in [0, 0.1) is 23.0 Å². The molecule has 12 heteroatoms. The third-order valence-electron chi connectivity index (χ3n) is 9.49. The molecule has 3 aromatic rings. The number of likely N-dealkylation sites (tertiary alicyclic amines) is 1. The average molecular weight is 642 g/mol. The van der Waals surface area contributed by atoms with Crippen LogP contribution in [-0.4, -0.2) is 67.1 Å². The molecule has 4 N–H and O–H groups in total. The van der Waals surface area contributed by atoms with Crippen LogP contribution >= 0.6 is 0 Å². The molecule has 0 spiro atoms. The SMILES string of the molecule is CC1(C)Cc2c(-c3cc(F)c(C(N)=O)c(NC4CCC(C(=O)NCCN5CCCC5)CC4)c3)c3ccc(F)cc3n2S(=O)(=O)C1. The number of amides is 2. The second kappa shape index (κ2) is 12.0. The van der Waals surface area contributed by atoms with E-state index in [0.717, 1.165) is 19.6 Å². The van der Waals surface area contributed by atoms with Crippen molar-refractivity contribution in [2.45, 2.75) is 64.8 Å². The summed E-state index contributed by atoms with van der Waals surface area (Å²) in [5.74, 6) is -2.51. The number of nitrogens with zero attached hydrogens (tertiary/aromatic N) is 2. The average Bonchev–Trinajstić information content (AvgIpc) is 3.57. The Balaban J connectivity index is 1.28. The number of hydrogen-bond acceptors (Lipinski definition) is 6. The van der Waals surface area contributed by atoms with Gasteiger partial charge in [-0.1, -0.05) is 13.8 Å². The molecule has 1 aliphatic carbocycles. The lowest BCUT2D eigenvalue weighted by Gasteiger charge is -2.32. The van der Waals surface area contributed by atoms with E-state index in [4.69, 9.17) is 5.73 Å². The maximum absolute atomic E-state index is 15.7. The number of carbonyl (C=O) groups is 2. The fraction of sp³-hybridized carbons (Fsp3) is 0.515. The molecule has 2 aliphatic heterocycles. The summed E-state index contributed by atoms with van der Waals surface area (Å²) in [6.07, 6.45) is 5.37. The van der Waals surface area contributed by atoms with E-state index in [-0.39, 0.29) is 40.4 Å². The Morgan fingerprint density at radius 2 is 1.76 bits per heavy atom. The van der Waals surface area contributed by atoms with Crippen LogP contribution in [-0.2, 0) is 21.2 Å². The number of nitrogens with two attached hydrogens (primary N) is 1. The normalized spacial score (nSPS) is 22.7. The molecule has 1 saturated heterocycles. The molecule has 2 fully saturated rings. The van der Waals surface area contributed by atoms with Gasteiger partial charge in [-0.15, -0.1) is 0 Å². The van der Waals surface area contributed by atoms with E-state index in [2.05, 4.69) is 15.5 Å². The number of aromatic nitrogens is 1. The maximum Gasteiger partial charge on any atom is 0.253 e. The third kappa shape index (κ3) is 6.31. The first-order chi connectivity index (χ1) is 21.3. The van der Waals surface area contributed by atoms with E-state index < -0.39 is 33.0 Å². The molecule has 3 aliphatic rings. The largest absolute Gasteiger partial charge is 0.382 e. The fourth-order valence-electron chi connectivity index (χ4n) is 7.47. The van der Waals surface area contributed by atoms with Crippen molar-refractivity contribution in [2.24, 2.45) is 17.1 Å². The van der Waals surface area contributed by atoms with Crippen molar-refractivity contribution in [2.75, 3.05) is 37.2 Å².